The van der Waals surface area contributed by atoms with Gasteiger partial charge in [-0.05, 0) is 5.56 Å². The fourth-order valence-corrected chi connectivity index (χ4v) is 2.26. The molecule has 5 nitrogen and oxygen atoms in total. The molecule has 0 saturated heterocycles. The topological polar surface area (TPSA) is 55.8 Å². The van der Waals surface area contributed by atoms with E-state index in [0.717, 1.165) is 5.56 Å². The van der Waals surface area contributed by atoms with Gasteiger partial charge in [-0.25, -0.2) is 0 Å². The first-order valence-corrected chi connectivity index (χ1v) is 6.31. The van der Waals surface area contributed by atoms with E-state index in [4.69, 9.17) is 9.47 Å². The lowest BCUT2D eigenvalue weighted by molar-refractivity contribution is -0.150. The number of nitrogens with zero attached hydrogens (tertiary/aromatic N) is 1. The number of carbonyl (C=O) groups excluding carboxylic acids is 2. The number of hydrogen-bond acceptors (Lipinski definition) is 5. The van der Waals surface area contributed by atoms with Crippen LogP contribution in [0.25, 0.3) is 0 Å². The summed E-state index contributed by atoms with van der Waals surface area (Å²) < 4.78 is 9.56. The first-order chi connectivity index (χ1) is 9.67. The summed E-state index contributed by atoms with van der Waals surface area (Å²) >= 11 is 0. The van der Waals surface area contributed by atoms with Gasteiger partial charge in [0, 0.05) is 6.54 Å². The lowest BCUT2D eigenvalue weighted by Gasteiger charge is -2.27. The van der Waals surface area contributed by atoms with Crippen molar-refractivity contribution < 1.29 is 19.1 Å². The fourth-order valence-electron chi connectivity index (χ4n) is 2.26. The number of esters is 2. The molecule has 2 rings (SSSR count). The summed E-state index contributed by atoms with van der Waals surface area (Å²) in [6.45, 7) is 0.466. The molecular formula is C15H17NO4. The summed E-state index contributed by atoms with van der Waals surface area (Å²) in [6, 6.07) is 8.51. The molecule has 0 bridgehead atoms. The van der Waals surface area contributed by atoms with Crippen LogP contribution in [0, 0.1) is 0 Å². The van der Waals surface area contributed by atoms with E-state index in [2.05, 4.69) is 0 Å². The summed E-state index contributed by atoms with van der Waals surface area (Å²) in [7, 11) is 2.67. The molecule has 1 heterocycles. The minimum Gasteiger partial charge on any atom is -0.468 e. The molecule has 0 aliphatic carbocycles. The third-order valence-electron chi connectivity index (χ3n) is 3.28. The zero-order valence-electron chi connectivity index (χ0n) is 11.5. The van der Waals surface area contributed by atoms with Crippen molar-refractivity contribution in [2.24, 2.45) is 0 Å². The van der Waals surface area contributed by atoms with Crippen LogP contribution in [0.3, 0.4) is 0 Å². The highest BCUT2D eigenvalue weighted by Gasteiger charge is 2.38. The molecule has 0 saturated carbocycles. The summed E-state index contributed by atoms with van der Waals surface area (Å²) in [5.41, 5.74) is 1.01. The van der Waals surface area contributed by atoms with Crippen LogP contribution in [-0.4, -0.2) is 43.1 Å². The molecule has 1 aromatic rings. The zero-order chi connectivity index (χ0) is 14.5. The van der Waals surface area contributed by atoms with Gasteiger partial charge in [0.1, 0.15) is 12.1 Å². The predicted molar refractivity (Wildman–Crippen MR) is 72.7 cm³/mol. The van der Waals surface area contributed by atoms with Crippen LogP contribution in [0.4, 0.5) is 0 Å². The molecule has 1 aromatic carbocycles. The zero-order valence-corrected chi connectivity index (χ0v) is 11.5. The van der Waals surface area contributed by atoms with Crippen LogP contribution >= 0.6 is 0 Å². The average molecular weight is 275 g/mol. The average Bonchev–Trinajstić information content (AvgIpc) is 2.90. The molecule has 20 heavy (non-hydrogen) atoms. The molecule has 0 fully saturated rings. The number of methoxy groups -OCH3 is 2. The number of benzene rings is 1. The molecule has 0 N–H and O–H groups in total. The largest absolute Gasteiger partial charge is 0.468 e. The summed E-state index contributed by atoms with van der Waals surface area (Å²) in [4.78, 5) is 25.4. The quantitative estimate of drug-likeness (QED) is 0.609. The van der Waals surface area contributed by atoms with Gasteiger partial charge >= 0.3 is 11.9 Å². The van der Waals surface area contributed by atoms with Crippen molar-refractivity contribution in [2.75, 3.05) is 14.2 Å². The lowest BCUT2D eigenvalue weighted by atomic mass is 10.1. The molecule has 0 unspecified atom stereocenters. The normalized spacial score (nSPS) is 21.7. The SMILES string of the molecule is COC(=O)[C@H]1C=C[C@@H](C(=O)OC)N1Cc1ccccc1. The predicted octanol–water partition coefficient (Wildman–Crippen LogP) is 1.14. The molecule has 5 heteroatoms. The van der Waals surface area contributed by atoms with E-state index in [-0.39, 0.29) is 11.9 Å². The maximum atomic E-state index is 11.8. The van der Waals surface area contributed by atoms with Crippen molar-refractivity contribution in [3.05, 3.63) is 48.0 Å². The third kappa shape index (κ3) is 2.88. The van der Waals surface area contributed by atoms with Gasteiger partial charge in [0.05, 0.1) is 14.2 Å². The number of rotatable bonds is 4. The first kappa shape index (κ1) is 14.3. The molecule has 2 atom stereocenters. The monoisotopic (exact) mass is 275 g/mol. The Hall–Kier alpha value is -2.14. The van der Waals surface area contributed by atoms with Crippen LogP contribution in [0.1, 0.15) is 5.56 Å². The van der Waals surface area contributed by atoms with Gasteiger partial charge in [-0.2, -0.15) is 0 Å². The van der Waals surface area contributed by atoms with Crippen LogP contribution in [0.15, 0.2) is 42.5 Å². The van der Waals surface area contributed by atoms with Crippen molar-refractivity contribution in [1.82, 2.24) is 4.90 Å². The maximum absolute atomic E-state index is 11.8. The number of hydrogen-bond donors (Lipinski definition) is 0. The molecule has 0 spiro atoms. The highest BCUT2D eigenvalue weighted by atomic mass is 16.5. The molecule has 1 aliphatic heterocycles. The van der Waals surface area contributed by atoms with Gasteiger partial charge < -0.3 is 9.47 Å². The first-order valence-electron chi connectivity index (χ1n) is 6.31. The lowest BCUT2D eigenvalue weighted by Crippen LogP contribution is -2.45. The van der Waals surface area contributed by atoms with Crippen LogP contribution in [0.2, 0.25) is 0 Å². The molecule has 1 aliphatic rings. The molecule has 0 aromatic heterocycles. The molecular weight excluding hydrogens is 258 g/mol. The van der Waals surface area contributed by atoms with E-state index in [9.17, 15) is 9.59 Å². The highest BCUT2D eigenvalue weighted by Crippen LogP contribution is 2.22. The van der Waals surface area contributed by atoms with Crippen LogP contribution < -0.4 is 0 Å². The van der Waals surface area contributed by atoms with Crippen molar-refractivity contribution in [1.29, 1.82) is 0 Å². The Bertz CT molecular complexity index is 486. The minimum absolute atomic E-state index is 0.386. The number of carbonyl (C=O) groups is 2. The van der Waals surface area contributed by atoms with Crippen molar-refractivity contribution >= 4 is 11.9 Å². The highest BCUT2D eigenvalue weighted by molar-refractivity contribution is 5.84. The second kappa shape index (κ2) is 6.34. The van der Waals surface area contributed by atoms with Crippen LogP contribution in [0.5, 0.6) is 0 Å². The second-order valence-electron chi connectivity index (χ2n) is 4.48. The van der Waals surface area contributed by atoms with Gasteiger partial charge in [-0.15, -0.1) is 0 Å². The third-order valence-corrected chi connectivity index (χ3v) is 3.28. The van der Waals surface area contributed by atoms with Crippen molar-refractivity contribution in [2.45, 2.75) is 18.6 Å². The summed E-state index contributed by atoms with van der Waals surface area (Å²) in [5, 5.41) is 0. The molecule has 0 amide bonds. The van der Waals surface area contributed by atoms with Gasteiger partial charge in [0.2, 0.25) is 0 Å². The van der Waals surface area contributed by atoms with Gasteiger partial charge in [0.15, 0.2) is 0 Å². The fraction of sp³-hybridized carbons (Fsp3) is 0.333. The summed E-state index contributed by atoms with van der Waals surface area (Å²) in [5.74, 6) is -0.771. The van der Waals surface area contributed by atoms with Crippen molar-refractivity contribution in [3.63, 3.8) is 0 Å². The minimum atomic E-state index is -0.565. The number of ether oxygens (including phenoxy) is 2. The van der Waals surface area contributed by atoms with E-state index >= 15 is 0 Å². The van der Waals surface area contributed by atoms with Crippen molar-refractivity contribution in [3.8, 4) is 0 Å². The Morgan fingerprint density at radius 2 is 1.50 bits per heavy atom. The Kier molecular flexibility index (Phi) is 4.53. The Labute approximate surface area is 117 Å². The molecule has 106 valence electrons. The van der Waals surface area contributed by atoms with E-state index in [0.29, 0.717) is 6.54 Å². The standard InChI is InChI=1S/C15H17NO4/c1-19-14(17)12-8-9-13(15(18)20-2)16(12)10-11-6-4-3-5-7-11/h3-9,12-13H,10H2,1-2H3/t12-,13+. The maximum Gasteiger partial charge on any atom is 0.327 e. The summed E-state index contributed by atoms with van der Waals surface area (Å²) in [6.07, 6.45) is 3.35. The van der Waals surface area contributed by atoms with Gasteiger partial charge in [-0.1, -0.05) is 42.5 Å². The van der Waals surface area contributed by atoms with Crippen LogP contribution in [-0.2, 0) is 25.6 Å². The Balaban J connectivity index is 2.21. The van der Waals surface area contributed by atoms with E-state index < -0.39 is 12.1 Å². The second-order valence-corrected chi connectivity index (χ2v) is 4.48. The van der Waals surface area contributed by atoms with E-state index in [1.54, 1.807) is 17.1 Å². The molecule has 0 radical (unpaired) electrons. The van der Waals surface area contributed by atoms with E-state index in [1.807, 2.05) is 30.3 Å². The van der Waals surface area contributed by atoms with Gasteiger partial charge in [-0.3, -0.25) is 14.5 Å². The van der Waals surface area contributed by atoms with E-state index in [1.165, 1.54) is 14.2 Å². The van der Waals surface area contributed by atoms with Gasteiger partial charge in [0.25, 0.3) is 0 Å². The smallest absolute Gasteiger partial charge is 0.327 e. The Morgan fingerprint density at radius 3 is 1.95 bits per heavy atom. The Morgan fingerprint density at radius 1 is 1.00 bits per heavy atom.